The Hall–Kier alpha value is -1.18. The zero-order valence-electron chi connectivity index (χ0n) is 17.4. The first-order valence-electron chi connectivity index (χ1n) is 10.6. The van der Waals surface area contributed by atoms with E-state index in [4.69, 9.17) is 4.74 Å². The Balaban J connectivity index is 1.90. The molecule has 1 atom stereocenters. The van der Waals surface area contributed by atoms with Crippen LogP contribution in [-0.2, 0) is 14.3 Å². The molecule has 0 radical (unpaired) electrons. The van der Waals surface area contributed by atoms with Crippen molar-refractivity contribution in [3.63, 3.8) is 0 Å². The summed E-state index contributed by atoms with van der Waals surface area (Å²) in [4.78, 5) is 31.5. The van der Waals surface area contributed by atoms with E-state index in [0.717, 1.165) is 45.6 Å². The number of hydrogen-bond acceptors (Lipinski definition) is 5. The van der Waals surface area contributed by atoms with E-state index in [1.54, 1.807) is 7.11 Å². The van der Waals surface area contributed by atoms with Crippen LogP contribution in [0, 0.1) is 5.92 Å². The van der Waals surface area contributed by atoms with Crippen LogP contribution in [0.3, 0.4) is 0 Å². The van der Waals surface area contributed by atoms with Crippen molar-refractivity contribution in [2.24, 2.45) is 5.92 Å². The lowest BCUT2D eigenvalue weighted by Gasteiger charge is -2.40. The smallest absolute Gasteiger partial charge is 0.248 e. The SMILES string of the molecule is CCN(CC)CCNC(=O)C(C1CCCC1)N1CCN(C(=O)COC)CC1. The number of rotatable bonds is 10. The Labute approximate surface area is 164 Å². The molecule has 2 rings (SSSR count). The highest BCUT2D eigenvalue weighted by molar-refractivity contribution is 5.82. The molecule has 0 bridgehead atoms. The molecular formula is C20H38N4O3. The molecule has 2 amide bonds. The Bertz CT molecular complexity index is 456. The number of hydrogen-bond donors (Lipinski definition) is 1. The van der Waals surface area contributed by atoms with Gasteiger partial charge in [0, 0.05) is 46.4 Å². The van der Waals surface area contributed by atoms with E-state index in [1.807, 2.05) is 4.90 Å². The summed E-state index contributed by atoms with van der Waals surface area (Å²) in [6.07, 6.45) is 4.72. The van der Waals surface area contributed by atoms with Gasteiger partial charge in [-0.1, -0.05) is 26.7 Å². The van der Waals surface area contributed by atoms with Gasteiger partial charge in [-0.05, 0) is 31.8 Å². The molecule has 27 heavy (non-hydrogen) atoms. The fraction of sp³-hybridized carbons (Fsp3) is 0.900. The maximum atomic E-state index is 13.0. The molecule has 1 unspecified atom stereocenters. The van der Waals surface area contributed by atoms with Crippen molar-refractivity contribution >= 4 is 11.8 Å². The topological polar surface area (TPSA) is 65.1 Å². The number of likely N-dealkylation sites (N-methyl/N-ethyl adjacent to an activating group) is 1. The average Bonchev–Trinajstić information content (AvgIpc) is 3.20. The summed E-state index contributed by atoms with van der Waals surface area (Å²) in [5.74, 6) is 0.656. The second-order valence-electron chi connectivity index (χ2n) is 7.66. The predicted octanol–water partition coefficient (Wildman–Crippen LogP) is 0.794. The van der Waals surface area contributed by atoms with Gasteiger partial charge in [-0.2, -0.15) is 0 Å². The average molecular weight is 383 g/mol. The van der Waals surface area contributed by atoms with Crippen LogP contribution in [0.5, 0.6) is 0 Å². The minimum atomic E-state index is -0.0520. The molecular weight excluding hydrogens is 344 g/mol. The number of piperazine rings is 1. The lowest BCUT2D eigenvalue weighted by atomic mass is 9.95. The van der Waals surface area contributed by atoms with Crippen molar-refractivity contribution in [3.8, 4) is 0 Å². The zero-order chi connectivity index (χ0) is 19.6. The van der Waals surface area contributed by atoms with Crippen molar-refractivity contribution in [2.45, 2.75) is 45.6 Å². The van der Waals surface area contributed by atoms with Crippen LogP contribution in [0.15, 0.2) is 0 Å². The van der Waals surface area contributed by atoms with E-state index in [-0.39, 0.29) is 24.5 Å². The molecule has 1 saturated carbocycles. The van der Waals surface area contributed by atoms with Gasteiger partial charge in [-0.3, -0.25) is 14.5 Å². The number of amides is 2. The zero-order valence-corrected chi connectivity index (χ0v) is 17.4. The Morgan fingerprint density at radius 3 is 2.30 bits per heavy atom. The van der Waals surface area contributed by atoms with Gasteiger partial charge in [-0.15, -0.1) is 0 Å². The lowest BCUT2D eigenvalue weighted by Crippen LogP contribution is -2.58. The van der Waals surface area contributed by atoms with Gasteiger partial charge < -0.3 is 19.9 Å². The molecule has 1 aliphatic carbocycles. The predicted molar refractivity (Wildman–Crippen MR) is 107 cm³/mol. The minimum Gasteiger partial charge on any atom is -0.375 e. The van der Waals surface area contributed by atoms with Crippen LogP contribution < -0.4 is 5.32 Å². The molecule has 0 spiro atoms. The summed E-state index contributed by atoms with van der Waals surface area (Å²) in [7, 11) is 1.55. The molecule has 7 heteroatoms. The van der Waals surface area contributed by atoms with Crippen LogP contribution in [-0.4, -0.2) is 98.6 Å². The molecule has 2 aliphatic rings. The first kappa shape index (κ1) is 22.1. The number of ether oxygens (including phenoxy) is 1. The van der Waals surface area contributed by atoms with Crippen molar-refractivity contribution in [2.75, 3.05) is 66.1 Å². The molecule has 2 fully saturated rings. The third-order valence-corrected chi connectivity index (χ3v) is 6.06. The molecule has 1 aliphatic heterocycles. The highest BCUT2D eigenvalue weighted by atomic mass is 16.5. The normalized spacial score (nSPS) is 20.2. The third-order valence-electron chi connectivity index (χ3n) is 6.06. The standard InChI is InChI=1S/C20H38N4O3/c1-4-22(5-2)11-10-21-20(26)19(17-8-6-7-9-17)24-14-12-23(13-15-24)18(25)16-27-3/h17,19H,4-16H2,1-3H3,(H,21,26). The van der Waals surface area contributed by atoms with Crippen molar-refractivity contribution in [3.05, 3.63) is 0 Å². The monoisotopic (exact) mass is 382 g/mol. The maximum Gasteiger partial charge on any atom is 0.248 e. The fourth-order valence-electron chi connectivity index (χ4n) is 4.40. The van der Waals surface area contributed by atoms with E-state index >= 15 is 0 Å². The highest BCUT2D eigenvalue weighted by Crippen LogP contribution is 2.31. The molecule has 1 saturated heterocycles. The molecule has 1 heterocycles. The van der Waals surface area contributed by atoms with Crippen LogP contribution in [0.4, 0.5) is 0 Å². The minimum absolute atomic E-state index is 0.0400. The Morgan fingerprint density at radius 2 is 1.74 bits per heavy atom. The Kier molecular flexibility index (Phi) is 9.51. The Morgan fingerprint density at radius 1 is 1.11 bits per heavy atom. The summed E-state index contributed by atoms with van der Waals surface area (Å²) in [6, 6.07) is -0.0520. The molecule has 0 aromatic rings. The second kappa shape index (κ2) is 11.6. The molecule has 1 N–H and O–H groups in total. The van der Waals surface area contributed by atoms with Crippen molar-refractivity contribution in [1.82, 2.24) is 20.0 Å². The third kappa shape index (κ3) is 6.43. The first-order valence-corrected chi connectivity index (χ1v) is 10.6. The quantitative estimate of drug-likeness (QED) is 0.605. The summed E-state index contributed by atoms with van der Waals surface area (Å²) in [5, 5.41) is 3.19. The van der Waals surface area contributed by atoms with Crippen molar-refractivity contribution in [1.29, 1.82) is 0 Å². The molecule has 156 valence electrons. The number of carbonyl (C=O) groups is 2. The number of nitrogens with one attached hydrogen (secondary N) is 1. The van der Waals surface area contributed by atoms with E-state index in [2.05, 4.69) is 29.0 Å². The van der Waals surface area contributed by atoms with Gasteiger partial charge >= 0.3 is 0 Å². The summed E-state index contributed by atoms with van der Waals surface area (Å²) >= 11 is 0. The van der Waals surface area contributed by atoms with Gasteiger partial charge in [0.05, 0.1) is 6.04 Å². The summed E-state index contributed by atoms with van der Waals surface area (Å²) in [5.41, 5.74) is 0. The van der Waals surface area contributed by atoms with Crippen LogP contribution in [0.25, 0.3) is 0 Å². The highest BCUT2D eigenvalue weighted by Gasteiger charge is 2.37. The number of carbonyl (C=O) groups excluding carboxylic acids is 2. The van der Waals surface area contributed by atoms with Crippen LogP contribution in [0.2, 0.25) is 0 Å². The van der Waals surface area contributed by atoms with E-state index in [9.17, 15) is 9.59 Å². The van der Waals surface area contributed by atoms with E-state index in [1.165, 1.54) is 12.8 Å². The van der Waals surface area contributed by atoms with Gasteiger partial charge in [0.25, 0.3) is 0 Å². The molecule has 0 aromatic carbocycles. The number of methoxy groups -OCH3 is 1. The first-order chi connectivity index (χ1) is 13.1. The van der Waals surface area contributed by atoms with E-state index in [0.29, 0.717) is 25.6 Å². The van der Waals surface area contributed by atoms with E-state index < -0.39 is 0 Å². The van der Waals surface area contributed by atoms with Crippen LogP contribution in [0.1, 0.15) is 39.5 Å². The number of nitrogens with zero attached hydrogens (tertiary/aromatic N) is 3. The maximum absolute atomic E-state index is 13.0. The van der Waals surface area contributed by atoms with Gasteiger partial charge in [0.1, 0.15) is 6.61 Å². The van der Waals surface area contributed by atoms with Gasteiger partial charge in [-0.25, -0.2) is 0 Å². The summed E-state index contributed by atoms with van der Waals surface area (Å²) in [6.45, 7) is 10.9. The molecule has 0 aromatic heterocycles. The van der Waals surface area contributed by atoms with Gasteiger partial charge in [0.2, 0.25) is 11.8 Å². The molecule has 7 nitrogen and oxygen atoms in total. The summed E-state index contributed by atoms with van der Waals surface area (Å²) < 4.78 is 4.96. The largest absolute Gasteiger partial charge is 0.375 e. The van der Waals surface area contributed by atoms with Gasteiger partial charge in [0.15, 0.2) is 0 Å². The lowest BCUT2D eigenvalue weighted by molar-refractivity contribution is -0.138. The van der Waals surface area contributed by atoms with Crippen LogP contribution >= 0.6 is 0 Å². The van der Waals surface area contributed by atoms with Crippen molar-refractivity contribution < 1.29 is 14.3 Å². The second-order valence-corrected chi connectivity index (χ2v) is 7.66. The fourth-order valence-corrected chi connectivity index (χ4v) is 4.40.